The van der Waals surface area contributed by atoms with Crippen molar-refractivity contribution in [2.75, 3.05) is 18.2 Å². The number of nitrogens with zero attached hydrogens (tertiary/aromatic N) is 1. The van der Waals surface area contributed by atoms with E-state index in [0.717, 1.165) is 22.3 Å². The molecule has 0 saturated carbocycles. The first-order valence-corrected chi connectivity index (χ1v) is 12.0. The van der Waals surface area contributed by atoms with Crippen molar-refractivity contribution in [1.29, 1.82) is 0 Å². The van der Waals surface area contributed by atoms with Gasteiger partial charge in [-0.2, -0.15) is 0 Å². The number of hydrogen-bond donors (Lipinski definition) is 2. The number of anilines is 2. The molecule has 3 aromatic carbocycles. The molecule has 4 rings (SSSR count). The van der Waals surface area contributed by atoms with Crippen LogP contribution in [-0.2, 0) is 27.3 Å². The normalized spacial score (nSPS) is 10.4. The van der Waals surface area contributed by atoms with E-state index in [9.17, 15) is 14.4 Å². The van der Waals surface area contributed by atoms with Crippen molar-refractivity contribution >= 4 is 29.2 Å². The Balaban J connectivity index is 1.34. The molecule has 4 aromatic rings. The number of carbonyl (C=O) groups is 3. The molecular weight excluding hydrogens is 482 g/mol. The van der Waals surface area contributed by atoms with Crippen LogP contribution >= 0.6 is 0 Å². The van der Waals surface area contributed by atoms with Crippen molar-refractivity contribution in [3.8, 4) is 11.1 Å². The van der Waals surface area contributed by atoms with E-state index in [-0.39, 0.29) is 24.9 Å². The predicted molar refractivity (Wildman–Crippen MR) is 144 cm³/mol. The van der Waals surface area contributed by atoms with Gasteiger partial charge in [-0.05, 0) is 65.6 Å². The molecule has 1 amide bonds. The van der Waals surface area contributed by atoms with Crippen LogP contribution in [0.2, 0.25) is 0 Å². The van der Waals surface area contributed by atoms with E-state index in [1.54, 1.807) is 67.0 Å². The van der Waals surface area contributed by atoms with Crippen LogP contribution in [0.25, 0.3) is 11.1 Å². The minimum Gasteiger partial charge on any atom is -0.465 e. The van der Waals surface area contributed by atoms with Crippen molar-refractivity contribution in [3.63, 3.8) is 0 Å². The van der Waals surface area contributed by atoms with Crippen LogP contribution in [0.4, 0.5) is 11.4 Å². The van der Waals surface area contributed by atoms with Gasteiger partial charge in [0.1, 0.15) is 6.61 Å². The van der Waals surface area contributed by atoms with Gasteiger partial charge in [-0.25, -0.2) is 4.79 Å². The number of nitrogens with one attached hydrogen (secondary N) is 1. The third-order valence-electron chi connectivity index (χ3n) is 5.90. The maximum atomic E-state index is 12.9. The van der Waals surface area contributed by atoms with E-state index in [4.69, 9.17) is 15.2 Å². The lowest BCUT2D eigenvalue weighted by atomic mass is 10.0. The van der Waals surface area contributed by atoms with Crippen LogP contribution in [0.3, 0.4) is 0 Å². The molecule has 192 valence electrons. The number of nitrogen functional groups attached to an aromatic ring is 1. The van der Waals surface area contributed by atoms with Gasteiger partial charge >= 0.3 is 11.9 Å². The summed E-state index contributed by atoms with van der Waals surface area (Å²) in [6.07, 6.45) is 4.05. The summed E-state index contributed by atoms with van der Waals surface area (Å²) in [5, 5.41) is 2.86. The van der Waals surface area contributed by atoms with E-state index in [2.05, 4.69) is 10.3 Å². The van der Waals surface area contributed by atoms with Gasteiger partial charge in [0.15, 0.2) is 0 Å². The molecule has 0 saturated heterocycles. The molecule has 1 aromatic heterocycles. The summed E-state index contributed by atoms with van der Waals surface area (Å²) in [7, 11) is 1.33. The van der Waals surface area contributed by atoms with Crippen molar-refractivity contribution in [3.05, 3.63) is 114 Å². The van der Waals surface area contributed by atoms with Gasteiger partial charge in [0.2, 0.25) is 0 Å². The number of rotatable bonds is 9. The number of ether oxygens (including phenoxy) is 2. The molecule has 0 bridgehead atoms. The smallest absolute Gasteiger partial charge is 0.337 e. The molecular formula is C30H27N3O5. The topological polar surface area (TPSA) is 121 Å². The Kier molecular flexibility index (Phi) is 8.46. The lowest BCUT2D eigenvalue weighted by Crippen LogP contribution is -2.13. The number of aromatic nitrogens is 1. The average Bonchev–Trinajstić information content (AvgIpc) is 2.96. The molecule has 8 heteroatoms. The number of esters is 2. The minimum atomic E-state index is -0.409. The van der Waals surface area contributed by atoms with Crippen LogP contribution in [0.1, 0.15) is 38.3 Å². The molecule has 1 heterocycles. The van der Waals surface area contributed by atoms with Gasteiger partial charge in [0.05, 0.1) is 24.0 Å². The first kappa shape index (κ1) is 26.1. The van der Waals surface area contributed by atoms with Crippen molar-refractivity contribution < 1.29 is 23.9 Å². The molecule has 3 N–H and O–H groups in total. The summed E-state index contributed by atoms with van der Waals surface area (Å²) in [6.45, 7) is 0.189. The van der Waals surface area contributed by atoms with Gasteiger partial charge in [-0.3, -0.25) is 14.6 Å². The number of aryl methyl sites for hydroxylation is 1. The van der Waals surface area contributed by atoms with Gasteiger partial charge < -0.3 is 20.5 Å². The Morgan fingerprint density at radius 2 is 1.58 bits per heavy atom. The predicted octanol–water partition coefficient (Wildman–Crippen LogP) is 5.05. The standard InChI is InChI=1S/C30H27N3O5/c1-37-30(36)24-11-9-22(10-12-24)25-13-14-26(31)27(17-25)33-29(35)23-7-4-20(5-8-23)6-15-28(34)38-19-21-3-2-16-32-18-21/h2-5,7-14,16-18H,6,15,19,31H2,1H3,(H,33,35). The highest BCUT2D eigenvalue weighted by Crippen LogP contribution is 2.28. The second-order valence-corrected chi connectivity index (χ2v) is 8.54. The monoisotopic (exact) mass is 509 g/mol. The van der Waals surface area contributed by atoms with E-state index in [1.165, 1.54) is 7.11 Å². The number of methoxy groups -OCH3 is 1. The second-order valence-electron chi connectivity index (χ2n) is 8.54. The zero-order valence-corrected chi connectivity index (χ0v) is 20.8. The zero-order chi connectivity index (χ0) is 26.9. The third-order valence-corrected chi connectivity index (χ3v) is 5.90. The minimum absolute atomic E-state index is 0.189. The molecule has 0 aliphatic carbocycles. The Morgan fingerprint density at radius 1 is 0.868 bits per heavy atom. The number of hydrogen-bond acceptors (Lipinski definition) is 7. The summed E-state index contributed by atoms with van der Waals surface area (Å²) >= 11 is 0. The molecule has 0 fully saturated rings. The number of pyridine rings is 1. The van der Waals surface area contributed by atoms with E-state index in [1.807, 2.05) is 24.3 Å². The molecule has 0 atom stereocenters. The van der Waals surface area contributed by atoms with E-state index < -0.39 is 5.97 Å². The van der Waals surface area contributed by atoms with Crippen molar-refractivity contribution in [1.82, 2.24) is 4.98 Å². The second kappa shape index (κ2) is 12.3. The maximum absolute atomic E-state index is 12.9. The van der Waals surface area contributed by atoms with Crippen LogP contribution in [0.5, 0.6) is 0 Å². The fourth-order valence-corrected chi connectivity index (χ4v) is 3.74. The Hall–Kier alpha value is -4.98. The molecule has 0 unspecified atom stereocenters. The molecule has 38 heavy (non-hydrogen) atoms. The van der Waals surface area contributed by atoms with Gasteiger partial charge in [-0.1, -0.05) is 36.4 Å². The lowest BCUT2D eigenvalue weighted by Gasteiger charge is -2.11. The van der Waals surface area contributed by atoms with Crippen LogP contribution in [0.15, 0.2) is 91.3 Å². The SMILES string of the molecule is COC(=O)c1ccc(-c2ccc(N)c(NC(=O)c3ccc(CCC(=O)OCc4cccnc4)cc3)c2)cc1. The van der Waals surface area contributed by atoms with Crippen LogP contribution < -0.4 is 11.1 Å². The van der Waals surface area contributed by atoms with E-state index in [0.29, 0.717) is 28.9 Å². The number of amides is 1. The highest BCUT2D eigenvalue weighted by Gasteiger charge is 2.12. The van der Waals surface area contributed by atoms with Crippen molar-refractivity contribution in [2.45, 2.75) is 19.4 Å². The molecule has 0 spiro atoms. The van der Waals surface area contributed by atoms with Gasteiger partial charge in [-0.15, -0.1) is 0 Å². The molecule has 0 aliphatic rings. The molecule has 8 nitrogen and oxygen atoms in total. The van der Waals surface area contributed by atoms with Crippen LogP contribution in [-0.4, -0.2) is 29.9 Å². The van der Waals surface area contributed by atoms with Crippen LogP contribution in [0, 0.1) is 0 Å². The lowest BCUT2D eigenvalue weighted by molar-refractivity contribution is -0.144. The van der Waals surface area contributed by atoms with E-state index >= 15 is 0 Å². The highest BCUT2D eigenvalue weighted by atomic mass is 16.5. The first-order chi connectivity index (χ1) is 18.4. The summed E-state index contributed by atoms with van der Waals surface area (Å²) in [5.41, 5.74) is 11.4. The summed E-state index contributed by atoms with van der Waals surface area (Å²) < 4.78 is 10.0. The quantitative estimate of drug-likeness (QED) is 0.239. The average molecular weight is 510 g/mol. The fourth-order valence-electron chi connectivity index (χ4n) is 3.74. The zero-order valence-electron chi connectivity index (χ0n) is 20.8. The van der Waals surface area contributed by atoms with Crippen molar-refractivity contribution in [2.24, 2.45) is 0 Å². The summed E-state index contributed by atoms with van der Waals surface area (Å²) in [6, 6.07) is 23.0. The van der Waals surface area contributed by atoms with Gasteiger partial charge in [0.25, 0.3) is 5.91 Å². The largest absolute Gasteiger partial charge is 0.465 e. The fraction of sp³-hybridized carbons (Fsp3) is 0.133. The highest BCUT2D eigenvalue weighted by molar-refractivity contribution is 6.06. The Morgan fingerprint density at radius 3 is 2.26 bits per heavy atom. The number of nitrogens with two attached hydrogens (primary N) is 1. The maximum Gasteiger partial charge on any atom is 0.337 e. The first-order valence-electron chi connectivity index (χ1n) is 12.0. The summed E-state index contributed by atoms with van der Waals surface area (Å²) in [5.74, 6) is -1.02. The molecule has 0 aliphatic heterocycles. The Bertz CT molecular complexity index is 1420. The van der Waals surface area contributed by atoms with Gasteiger partial charge in [0, 0.05) is 29.9 Å². The third kappa shape index (κ3) is 6.82. The Labute approximate surface area is 220 Å². The number of benzene rings is 3. The molecule has 0 radical (unpaired) electrons. The number of carbonyl (C=O) groups excluding carboxylic acids is 3. The summed E-state index contributed by atoms with van der Waals surface area (Å²) in [4.78, 5) is 40.6.